The van der Waals surface area contributed by atoms with E-state index in [1.807, 2.05) is 32.0 Å². The number of hydrogen-bond acceptors (Lipinski definition) is 6. The van der Waals surface area contributed by atoms with Crippen molar-refractivity contribution in [2.45, 2.75) is 55.1 Å². The van der Waals surface area contributed by atoms with Crippen molar-refractivity contribution in [3.05, 3.63) is 53.6 Å². The zero-order valence-electron chi connectivity index (χ0n) is 18.2. The van der Waals surface area contributed by atoms with Crippen molar-refractivity contribution >= 4 is 40.8 Å². The number of benzene rings is 2. The summed E-state index contributed by atoms with van der Waals surface area (Å²) in [6.07, 6.45) is -1.21. The van der Waals surface area contributed by atoms with E-state index in [1.54, 1.807) is 24.3 Å². The molecule has 1 aliphatic carbocycles. The highest BCUT2D eigenvalue weighted by molar-refractivity contribution is 6.67. The normalized spacial score (nSPS) is 26.4. The summed E-state index contributed by atoms with van der Waals surface area (Å²) in [6.45, 7) is 3.83. The van der Waals surface area contributed by atoms with Crippen LogP contribution in [0.1, 0.15) is 42.6 Å². The van der Waals surface area contributed by atoms with E-state index in [4.69, 9.17) is 49.0 Å². The molecule has 0 saturated heterocycles. The van der Waals surface area contributed by atoms with Crippen molar-refractivity contribution in [3.8, 4) is 16.9 Å². The van der Waals surface area contributed by atoms with Crippen LogP contribution < -0.4 is 4.74 Å². The molecule has 2 aromatic carbocycles. The number of hydrogen-bond donors (Lipinski definition) is 2. The molecule has 9 heteroatoms. The second kappa shape index (κ2) is 8.91. The summed E-state index contributed by atoms with van der Waals surface area (Å²) in [5, 5.41) is 21.0. The van der Waals surface area contributed by atoms with Crippen LogP contribution in [0, 0.1) is 5.41 Å². The molecule has 0 radical (unpaired) electrons. The second-order valence-electron chi connectivity index (χ2n) is 9.32. The van der Waals surface area contributed by atoms with Gasteiger partial charge in [0.15, 0.2) is 0 Å². The van der Waals surface area contributed by atoms with Crippen LogP contribution in [0.5, 0.6) is 5.75 Å². The van der Waals surface area contributed by atoms with Crippen LogP contribution >= 0.6 is 34.8 Å². The molecule has 2 aliphatic rings. The molecule has 1 fully saturated rings. The molecule has 1 aliphatic heterocycles. The minimum Gasteiger partial charge on any atom is -0.459 e. The van der Waals surface area contributed by atoms with Crippen LogP contribution in [0.25, 0.3) is 11.1 Å². The van der Waals surface area contributed by atoms with Crippen LogP contribution in [-0.4, -0.2) is 44.6 Å². The molecular weight excluding hydrogens is 491 g/mol. The van der Waals surface area contributed by atoms with Crippen molar-refractivity contribution in [1.82, 2.24) is 0 Å². The number of halogens is 3. The van der Waals surface area contributed by atoms with Crippen LogP contribution in [0.4, 0.5) is 0 Å². The maximum absolute atomic E-state index is 12.6. The van der Waals surface area contributed by atoms with Gasteiger partial charge in [-0.3, -0.25) is 0 Å². The molecule has 4 rings (SSSR count). The molecule has 2 N–H and O–H groups in total. The molecule has 0 aromatic heterocycles. The van der Waals surface area contributed by atoms with Gasteiger partial charge in [0.1, 0.15) is 18.5 Å². The maximum atomic E-state index is 12.6. The number of carbonyl (C=O) groups is 1. The highest BCUT2D eigenvalue weighted by Crippen LogP contribution is 2.47. The molecule has 1 heterocycles. The first kappa shape index (κ1) is 24.6. The molecule has 1 saturated carbocycles. The lowest BCUT2D eigenvalue weighted by atomic mass is 9.71. The Bertz CT molecular complexity index is 1050. The average molecular weight is 516 g/mol. The molecular formula is C24H25Cl3O6. The van der Waals surface area contributed by atoms with Crippen molar-refractivity contribution in [3.63, 3.8) is 0 Å². The Morgan fingerprint density at radius 3 is 2.64 bits per heavy atom. The zero-order chi connectivity index (χ0) is 24.0. The second-order valence-corrected chi connectivity index (χ2v) is 11.8. The number of alkyl halides is 3. The van der Waals surface area contributed by atoms with Gasteiger partial charge in [0.25, 0.3) is 0 Å². The van der Waals surface area contributed by atoms with E-state index in [2.05, 4.69) is 0 Å². The molecule has 178 valence electrons. The van der Waals surface area contributed by atoms with Crippen molar-refractivity contribution in [2.24, 2.45) is 5.41 Å². The summed E-state index contributed by atoms with van der Waals surface area (Å²) < 4.78 is 15.6. The number of carbonyl (C=O) groups excluding carboxylic acids is 1. The average Bonchev–Trinajstić information content (AvgIpc) is 2.74. The Kier molecular flexibility index (Phi) is 6.64. The van der Waals surface area contributed by atoms with Gasteiger partial charge >= 0.3 is 5.97 Å². The maximum Gasteiger partial charge on any atom is 0.338 e. The number of rotatable bonds is 3. The summed E-state index contributed by atoms with van der Waals surface area (Å²) in [7, 11) is 0. The standard InChI is InChI=1S/C24H25Cl3O6/c1-22(2)10-18(28)20(29)23(12-22)32-11-15-9-14(7-8-19(15)33-23)16-5-3-4-6-17(16)21(30)31-13-24(25,26)27/h3-9,18,20,28-29H,10-13H2,1-2H3/t18-,20-,23-/m1/s1. The Labute approximate surface area is 207 Å². The number of aliphatic hydroxyl groups excluding tert-OH is 2. The topological polar surface area (TPSA) is 85.2 Å². The summed E-state index contributed by atoms with van der Waals surface area (Å²) in [6, 6.07) is 12.4. The monoisotopic (exact) mass is 514 g/mol. The molecule has 0 amide bonds. The van der Waals surface area contributed by atoms with Crippen LogP contribution in [0.3, 0.4) is 0 Å². The van der Waals surface area contributed by atoms with Gasteiger partial charge in [0.2, 0.25) is 9.58 Å². The third kappa shape index (κ3) is 5.26. The first-order valence-corrected chi connectivity index (χ1v) is 11.7. The first-order valence-electron chi connectivity index (χ1n) is 10.5. The quantitative estimate of drug-likeness (QED) is 0.441. The lowest BCUT2D eigenvalue weighted by Crippen LogP contribution is -2.62. The Hall–Kier alpha value is -1.54. The predicted octanol–water partition coefficient (Wildman–Crippen LogP) is 5.03. The highest BCUT2D eigenvalue weighted by Gasteiger charge is 2.55. The number of ether oxygens (including phenoxy) is 3. The van der Waals surface area contributed by atoms with E-state index in [9.17, 15) is 15.0 Å². The lowest BCUT2D eigenvalue weighted by molar-refractivity contribution is -0.305. The number of aliphatic hydroxyl groups is 2. The summed E-state index contributed by atoms with van der Waals surface area (Å²) >= 11 is 17.1. The van der Waals surface area contributed by atoms with Crippen LogP contribution in [-0.2, 0) is 16.1 Å². The molecule has 33 heavy (non-hydrogen) atoms. The zero-order valence-corrected chi connectivity index (χ0v) is 20.5. The largest absolute Gasteiger partial charge is 0.459 e. The van der Waals surface area contributed by atoms with Crippen LogP contribution in [0.15, 0.2) is 42.5 Å². The Balaban J connectivity index is 1.61. The SMILES string of the molecule is CC1(C)C[C@@H](O)[C@@H](O)[C@]2(C1)OCc1cc(-c3ccccc3C(=O)OCC(Cl)(Cl)Cl)ccc1O2. The number of esters is 1. The van der Waals surface area contributed by atoms with E-state index >= 15 is 0 Å². The van der Waals surface area contributed by atoms with E-state index in [-0.39, 0.29) is 18.6 Å². The molecule has 0 unspecified atom stereocenters. The van der Waals surface area contributed by atoms with Gasteiger partial charge in [0.05, 0.1) is 18.3 Å². The molecule has 6 nitrogen and oxygen atoms in total. The van der Waals surface area contributed by atoms with Crippen molar-refractivity contribution in [1.29, 1.82) is 0 Å². The third-order valence-corrected chi connectivity index (χ3v) is 6.27. The van der Waals surface area contributed by atoms with Gasteiger partial charge in [0, 0.05) is 12.0 Å². The fourth-order valence-corrected chi connectivity index (χ4v) is 4.72. The Morgan fingerprint density at radius 2 is 1.91 bits per heavy atom. The number of fused-ring (bicyclic) bond motifs is 1. The van der Waals surface area contributed by atoms with Gasteiger partial charge in [-0.25, -0.2) is 4.79 Å². The summed E-state index contributed by atoms with van der Waals surface area (Å²) in [5.41, 5.74) is 2.22. The highest BCUT2D eigenvalue weighted by atomic mass is 35.6. The van der Waals surface area contributed by atoms with Crippen molar-refractivity contribution < 1.29 is 29.2 Å². The predicted molar refractivity (Wildman–Crippen MR) is 126 cm³/mol. The van der Waals surface area contributed by atoms with Gasteiger partial charge in [-0.1, -0.05) is 72.9 Å². The minimum atomic E-state index is -1.70. The lowest BCUT2D eigenvalue weighted by Gasteiger charge is -2.50. The van der Waals surface area contributed by atoms with E-state index in [0.29, 0.717) is 29.7 Å². The van der Waals surface area contributed by atoms with E-state index in [1.165, 1.54) is 0 Å². The summed E-state index contributed by atoms with van der Waals surface area (Å²) in [5.74, 6) is -1.36. The fraction of sp³-hybridized carbons (Fsp3) is 0.458. The first-order chi connectivity index (χ1) is 15.4. The summed E-state index contributed by atoms with van der Waals surface area (Å²) in [4.78, 5) is 12.6. The Morgan fingerprint density at radius 1 is 1.18 bits per heavy atom. The molecule has 3 atom stereocenters. The third-order valence-electron chi connectivity index (χ3n) is 5.94. The smallest absolute Gasteiger partial charge is 0.338 e. The van der Waals surface area contributed by atoms with Gasteiger partial charge in [-0.15, -0.1) is 0 Å². The molecule has 0 bridgehead atoms. The van der Waals surface area contributed by atoms with E-state index in [0.717, 1.165) is 11.1 Å². The van der Waals surface area contributed by atoms with Crippen LogP contribution in [0.2, 0.25) is 0 Å². The van der Waals surface area contributed by atoms with Crippen molar-refractivity contribution in [2.75, 3.05) is 6.61 Å². The molecule has 2 aromatic rings. The van der Waals surface area contributed by atoms with Gasteiger partial charge < -0.3 is 24.4 Å². The van der Waals surface area contributed by atoms with E-state index < -0.39 is 27.8 Å². The van der Waals surface area contributed by atoms with Gasteiger partial charge in [-0.2, -0.15) is 0 Å². The minimum absolute atomic E-state index is 0.183. The molecule has 1 spiro atoms. The van der Waals surface area contributed by atoms with Gasteiger partial charge in [-0.05, 0) is 41.2 Å². The fourth-order valence-electron chi connectivity index (χ4n) is 4.56.